The first-order valence-corrected chi connectivity index (χ1v) is 6.45. The summed E-state index contributed by atoms with van der Waals surface area (Å²) in [6, 6.07) is 4.77. The molecule has 0 unspecified atom stereocenters. The molecule has 0 aliphatic carbocycles. The fourth-order valence-corrected chi connectivity index (χ4v) is 2.23. The van der Waals surface area contributed by atoms with E-state index in [4.69, 9.17) is 0 Å². The number of halogens is 2. The number of rotatable bonds is 4. The Bertz CT molecular complexity index is 556. The van der Waals surface area contributed by atoms with Gasteiger partial charge in [-0.3, -0.25) is 0 Å². The van der Waals surface area contributed by atoms with Crippen molar-refractivity contribution < 1.29 is 9.50 Å². The Hall–Kier alpha value is -1.27. The highest BCUT2D eigenvalue weighted by atomic mass is 79.9. The van der Waals surface area contributed by atoms with Crippen molar-refractivity contribution in [1.29, 1.82) is 0 Å². The SMILES string of the molecule is CCCn1c(CO)nnc1-c1cccc(F)c1Br. The van der Waals surface area contributed by atoms with Crippen molar-refractivity contribution in [3.63, 3.8) is 0 Å². The van der Waals surface area contributed by atoms with Crippen LogP contribution >= 0.6 is 15.9 Å². The van der Waals surface area contributed by atoms with Gasteiger partial charge in [-0.25, -0.2) is 4.39 Å². The Morgan fingerprint density at radius 2 is 2.17 bits per heavy atom. The zero-order valence-electron chi connectivity index (χ0n) is 9.90. The lowest BCUT2D eigenvalue weighted by molar-refractivity contribution is 0.264. The van der Waals surface area contributed by atoms with Crippen molar-refractivity contribution in [3.8, 4) is 11.4 Å². The van der Waals surface area contributed by atoms with E-state index in [0.29, 0.717) is 28.2 Å². The molecule has 0 saturated carbocycles. The molecule has 0 fully saturated rings. The molecule has 2 rings (SSSR count). The molecule has 1 aromatic carbocycles. The summed E-state index contributed by atoms with van der Waals surface area (Å²) in [5, 5.41) is 17.2. The van der Waals surface area contributed by atoms with Gasteiger partial charge in [-0.1, -0.05) is 13.0 Å². The summed E-state index contributed by atoms with van der Waals surface area (Å²) in [5.41, 5.74) is 0.635. The molecule has 1 heterocycles. The molecule has 1 N–H and O–H groups in total. The van der Waals surface area contributed by atoms with Crippen LogP contribution in [0.25, 0.3) is 11.4 Å². The van der Waals surface area contributed by atoms with Gasteiger partial charge in [-0.15, -0.1) is 10.2 Å². The molecule has 0 aliphatic heterocycles. The van der Waals surface area contributed by atoms with E-state index in [2.05, 4.69) is 26.1 Å². The van der Waals surface area contributed by atoms with Gasteiger partial charge in [0, 0.05) is 12.1 Å². The summed E-state index contributed by atoms with van der Waals surface area (Å²) in [7, 11) is 0. The lowest BCUT2D eigenvalue weighted by Gasteiger charge is -2.09. The number of benzene rings is 1. The molecule has 0 radical (unpaired) electrons. The van der Waals surface area contributed by atoms with Gasteiger partial charge in [-0.2, -0.15) is 0 Å². The molecule has 0 atom stereocenters. The molecule has 18 heavy (non-hydrogen) atoms. The first-order chi connectivity index (χ1) is 8.69. The first-order valence-electron chi connectivity index (χ1n) is 5.66. The van der Waals surface area contributed by atoms with Gasteiger partial charge < -0.3 is 9.67 Å². The molecule has 1 aromatic heterocycles. The molecule has 0 amide bonds. The molecule has 0 aliphatic rings. The average Bonchev–Trinajstić information content (AvgIpc) is 2.76. The summed E-state index contributed by atoms with van der Waals surface area (Å²) in [4.78, 5) is 0. The summed E-state index contributed by atoms with van der Waals surface area (Å²) in [6.07, 6.45) is 0.880. The van der Waals surface area contributed by atoms with Crippen LogP contribution in [0.15, 0.2) is 22.7 Å². The number of hydrogen-bond donors (Lipinski definition) is 1. The zero-order valence-corrected chi connectivity index (χ0v) is 11.5. The van der Waals surface area contributed by atoms with Crippen LogP contribution in [0.1, 0.15) is 19.2 Å². The summed E-state index contributed by atoms with van der Waals surface area (Å²) in [5.74, 6) is 0.708. The number of nitrogens with zero attached hydrogens (tertiary/aromatic N) is 3. The molecule has 0 spiro atoms. The molecule has 6 heteroatoms. The minimum Gasteiger partial charge on any atom is -0.388 e. The van der Waals surface area contributed by atoms with E-state index in [0.717, 1.165) is 6.42 Å². The van der Waals surface area contributed by atoms with Crippen molar-refractivity contribution in [1.82, 2.24) is 14.8 Å². The van der Waals surface area contributed by atoms with Crippen LogP contribution in [-0.4, -0.2) is 19.9 Å². The van der Waals surface area contributed by atoms with E-state index in [1.165, 1.54) is 6.07 Å². The van der Waals surface area contributed by atoms with E-state index in [1.54, 1.807) is 16.7 Å². The Morgan fingerprint density at radius 1 is 1.39 bits per heavy atom. The standard InChI is InChI=1S/C12H13BrFN3O/c1-2-6-17-10(7-18)15-16-12(17)8-4-3-5-9(14)11(8)13/h3-5,18H,2,6-7H2,1H3. The monoisotopic (exact) mass is 313 g/mol. The quantitative estimate of drug-likeness (QED) is 0.944. The van der Waals surface area contributed by atoms with E-state index in [-0.39, 0.29) is 12.4 Å². The number of aromatic nitrogens is 3. The van der Waals surface area contributed by atoms with Crippen molar-refractivity contribution >= 4 is 15.9 Å². The van der Waals surface area contributed by atoms with Gasteiger partial charge in [-0.05, 0) is 34.5 Å². The van der Waals surface area contributed by atoms with Crippen molar-refractivity contribution in [3.05, 3.63) is 34.3 Å². The van der Waals surface area contributed by atoms with Crippen LogP contribution < -0.4 is 0 Å². The van der Waals surface area contributed by atoms with Gasteiger partial charge in [0.05, 0.1) is 4.47 Å². The van der Waals surface area contributed by atoms with E-state index in [1.807, 2.05) is 6.92 Å². The highest BCUT2D eigenvalue weighted by molar-refractivity contribution is 9.10. The number of aliphatic hydroxyl groups excluding tert-OH is 1. The molecule has 0 bridgehead atoms. The highest BCUT2D eigenvalue weighted by Crippen LogP contribution is 2.29. The molecule has 4 nitrogen and oxygen atoms in total. The Morgan fingerprint density at radius 3 is 2.83 bits per heavy atom. The van der Waals surface area contributed by atoms with E-state index < -0.39 is 0 Å². The third-order valence-electron chi connectivity index (χ3n) is 2.61. The predicted octanol–water partition coefficient (Wildman–Crippen LogP) is 2.75. The molecular weight excluding hydrogens is 301 g/mol. The Kier molecular flexibility index (Phi) is 4.08. The molecule has 0 saturated heterocycles. The fourth-order valence-electron chi connectivity index (χ4n) is 1.79. The Labute approximate surface area is 113 Å². The second kappa shape index (κ2) is 5.58. The van der Waals surface area contributed by atoms with E-state index >= 15 is 0 Å². The highest BCUT2D eigenvalue weighted by Gasteiger charge is 2.16. The average molecular weight is 314 g/mol. The van der Waals surface area contributed by atoms with Gasteiger partial charge in [0.1, 0.15) is 12.4 Å². The third-order valence-corrected chi connectivity index (χ3v) is 3.41. The van der Waals surface area contributed by atoms with Crippen molar-refractivity contribution in [2.45, 2.75) is 26.5 Å². The lowest BCUT2D eigenvalue weighted by atomic mass is 10.2. The number of aliphatic hydroxyl groups is 1. The van der Waals surface area contributed by atoms with Gasteiger partial charge in [0.15, 0.2) is 11.6 Å². The maximum atomic E-state index is 13.5. The normalized spacial score (nSPS) is 10.9. The summed E-state index contributed by atoms with van der Waals surface area (Å²) < 4.78 is 15.7. The van der Waals surface area contributed by atoms with Crippen molar-refractivity contribution in [2.24, 2.45) is 0 Å². The van der Waals surface area contributed by atoms with Crippen LogP contribution in [-0.2, 0) is 13.2 Å². The van der Waals surface area contributed by atoms with Crippen LogP contribution in [0, 0.1) is 5.82 Å². The fraction of sp³-hybridized carbons (Fsp3) is 0.333. The minimum absolute atomic E-state index is 0.181. The number of hydrogen-bond acceptors (Lipinski definition) is 3. The predicted molar refractivity (Wildman–Crippen MR) is 69.3 cm³/mol. The topological polar surface area (TPSA) is 50.9 Å². The second-order valence-electron chi connectivity index (χ2n) is 3.85. The van der Waals surface area contributed by atoms with E-state index in [9.17, 15) is 9.50 Å². The van der Waals surface area contributed by atoms with Crippen LogP contribution in [0.2, 0.25) is 0 Å². The summed E-state index contributed by atoms with van der Waals surface area (Å²) >= 11 is 3.21. The summed E-state index contributed by atoms with van der Waals surface area (Å²) in [6.45, 7) is 2.52. The van der Waals surface area contributed by atoms with Gasteiger partial charge >= 0.3 is 0 Å². The maximum absolute atomic E-state index is 13.5. The second-order valence-corrected chi connectivity index (χ2v) is 4.64. The molecular formula is C12H13BrFN3O. The first kappa shape index (κ1) is 13.2. The third kappa shape index (κ3) is 2.30. The van der Waals surface area contributed by atoms with Crippen LogP contribution in [0.4, 0.5) is 4.39 Å². The maximum Gasteiger partial charge on any atom is 0.165 e. The largest absolute Gasteiger partial charge is 0.388 e. The zero-order chi connectivity index (χ0) is 13.1. The smallest absolute Gasteiger partial charge is 0.165 e. The van der Waals surface area contributed by atoms with Crippen LogP contribution in [0.3, 0.4) is 0 Å². The molecule has 96 valence electrons. The van der Waals surface area contributed by atoms with Crippen LogP contribution in [0.5, 0.6) is 0 Å². The van der Waals surface area contributed by atoms with Gasteiger partial charge in [0.2, 0.25) is 0 Å². The minimum atomic E-state index is -0.343. The Balaban J connectivity index is 2.56. The van der Waals surface area contributed by atoms with Crippen molar-refractivity contribution in [2.75, 3.05) is 0 Å². The van der Waals surface area contributed by atoms with Gasteiger partial charge in [0.25, 0.3) is 0 Å². The lowest BCUT2D eigenvalue weighted by Crippen LogP contribution is -2.05. The molecule has 2 aromatic rings.